The minimum absolute atomic E-state index is 0. The highest BCUT2D eigenvalue weighted by atomic mass is 35.5. The first kappa shape index (κ1) is 19.8. The Morgan fingerprint density at radius 2 is 2.04 bits per heavy atom. The molecule has 1 amide bonds. The Morgan fingerprint density at radius 1 is 1.19 bits per heavy atom. The van der Waals surface area contributed by atoms with Crippen molar-refractivity contribution in [2.24, 2.45) is 0 Å². The number of fused-ring (bicyclic) bond motifs is 2. The Balaban J connectivity index is 0.00000210. The van der Waals surface area contributed by atoms with E-state index in [9.17, 15) is 9.59 Å². The van der Waals surface area contributed by atoms with Gasteiger partial charge < -0.3 is 10.2 Å². The van der Waals surface area contributed by atoms with E-state index in [2.05, 4.69) is 5.32 Å². The van der Waals surface area contributed by atoms with Gasteiger partial charge in [-0.05, 0) is 50.9 Å². The minimum atomic E-state index is 0. The number of aryl methyl sites for hydroxylation is 1. The van der Waals surface area contributed by atoms with Gasteiger partial charge in [-0.1, -0.05) is 6.42 Å². The van der Waals surface area contributed by atoms with Crippen LogP contribution in [0.2, 0.25) is 0 Å². The Kier molecular flexibility index (Phi) is 6.17. The van der Waals surface area contributed by atoms with Crippen molar-refractivity contribution in [3.05, 3.63) is 39.9 Å². The van der Waals surface area contributed by atoms with E-state index in [0.717, 1.165) is 64.0 Å². The molecule has 0 spiro atoms. The molecule has 0 bridgehead atoms. The molecule has 1 N–H and O–H groups in total. The number of carbonyl (C=O) groups is 1. The molecule has 1 atom stereocenters. The van der Waals surface area contributed by atoms with Crippen molar-refractivity contribution in [2.75, 3.05) is 20.1 Å². The molecule has 0 radical (unpaired) electrons. The first-order valence-electron chi connectivity index (χ1n) is 9.67. The Bertz CT molecular complexity index is 895. The standard InChI is InChI=1S/C20H26N4O2.ClH/c1-21-15-6-5-10-23(13-15)19(25)14-8-9-16-17(12-14)22-18-7-3-2-4-11-24(18)20(16)26;/h8-9,12,15,21H,2-7,10-11,13H2,1H3;1H. The summed E-state index contributed by atoms with van der Waals surface area (Å²) in [5, 5.41) is 3.88. The molecule has 4 rings (SSSR count). The van der Waals surface area contributed by atoms with Crippen LogP contribution in [0.1, 0.15) is 48.3 Å². The second kappa shape index (κ2) is 8.40. The number of amides is 1. The summed E-state index contributed by atoms with van der Waals surface area (Å²) in [5.74, 6) is 0.890. The minimum Gasteiger partial charge on any atom is -0.337 e. The molecule has 6 nitrogen and oxygen atoms in total. The zero-order valence-corrected chi connectivity index (χ0v) is 16.6. The van der Waals surface area contributed by atoms with Crippen LogP contribution in [-0.2, 0) is 13.0 Å². The molecule has 1 unspecified atom stereocenters. The number of rotatable bonds is 2. The van der Waals surface area contributed by atoms with Gasteiger partial charge in [-0.15, -0.1) is 12.4 Å². The van der Waals surface area contributed by atoms with Crippen LogP contribution < -0.4 is 10.9 Å². The molecule has 27 heavy (non-hydrogen) atoms. The Hall–Kier alpha value is -1.92. The van der Waals surface area contributed by atoms with Gasteiger partial charge in [0.25, 0.3) is 11.5 Å². The maximum absolute atomic E-state index is 12.9. The maximum Gasteiger partial charge on any atom is 0.261 e. The summed E-state index contributed by atoms with van der Waals surface area (Å²) in [6.07, 6.45) is 6.16. The second-order valence-corrected chi connectivity index (χ2v) is 7.41. The van der Waals surface area contributed by atoms with Crippen molar-refractivity contribution >= 4 is 29.2 Å². The highest BCUT2D eigenvalue weighted by Gasteiger charge is 2.24. The predicted octanol–water partition coefficient (Wildman–Crippen LogP) is 2.37. The number of aromatic nitrogens is 2. The van der Waals surface area contributed by atoms with Gasteiger partial charge in [0.15, 0.2) is 0 Å². The van der Waals surface area contributed by atoms with Crippen LogP contribution in [0.4, 0.5) is 0 Å². The summed E-state index contributed by atoms with van der Waals surface area (Å²) in [6, 6.07) is 5.70. The highest BCUT2D eigenvalue weighted by Crippen LogP contribution is 2.19. The van der Waals surface area contributed by atoms with Crippen LogP contribution in [0.15, 0.2) is 23.0 Å². The zero-order chi connectivity index (χ0) is 18.1. The average Bonchev–Trinajstić information content (AvgIpc) is 2.93. The van der Waals surface area contributed by atoms with Crippen molar-refractivity contribution in [1.29, 1.82) is 0 Å². The summed E-state index contributed by atoms with van der Waals surface area (Å²) in [6.45, 7) is 2.26. The zero-order valence-electron chi connectivity index (χ0n) is 15.7. The van der Waals surface area contributed by atoms with Crippen molar-refractivity contribution in [1.82, 2.24) is 19.8 Å². The second-order valence-electron chi connectivity index (χ2n) is 7.41. The number of hydrogen-bond acceptors (Lipinski definition) is 4. The van der Waals surface area contributed by atoms with E-state index >= 15 is 0 Å². The number of halogens is 1. The molecule has 1 aromatic carbocycles. The monoisotopic (exact) mass is 390 g/mol. The predicted molar refractivity (Wildman–Crippen MR) is 109 cm³/mol. The Morgan fingerprint density at radius 3 is 2.85 bits per heavy atom. The fourth-order valence-corrected chi connectivity index (χ4v) is 4.13. The molecule has 1 fully saturated rings. The number of likely N-dealkylation sites (N-methyl/N-ethyl adjacent to an activating group) is 1. The van der Waals surface area contributed by atoms with E-state index in [-0.39, 0.29) is 23.9 Å². The summed E-state index contributed by atoms with van der Waals surface area (Å²) in [5.41, 5.74) is 1.30. The molecule has 2 aromatic rings. The van der Waals surface area contributed by atoms with Crippen LogP contribution in [-0.4, -0.2) is 46.5 Å². The molecule has 1 aromatic heterocycles. The van der Waals surface area contributed by atoms with E-state index in [1.165, 1.54) is 0 Å². The molecule has 1 saturated heterocycles. The van der Waals surface area contributed by atoms with Gasteiger partial charge in [0, 0.05) is 37.7 Å². The molecule has 2 aliphatic heterocycles. The number of benzene rings is 1. The van der Waals surface area contributed by atoms with Gasteiger partial charge in [-0.3, -0.25) is 14.2 Å². The molecule has 146 valence electrons. The summed E-state index contributed by atoms with van der Waals surface area (Å²) >= 11 is 0. The number of nitrogens with zero attached hydrogens (tertiary/aromatic N) is 3. The molecular formula is C20H27ClN4O2. The first-order chi connectivity index (χ1) is 12.7. The number of carbonyl (C=O) groups excluding carboxylic acids is 1. The topological polar surface area (TPSA) is 67.2 Å². The van der Waals surface area contributed by atoms with Crippen LogP contribution in [0.3, 0.4) is 0 Å². The van der Waals surface area contributed by atoms with E-state index in [1.54, 1.807) is 18.2 Å². The number of piperidine rings is 1. The van der Waals surface area contributed by atoms with Crippen LogP contribution in [0, 0.1) is 0 Å². The average molecular weight is 391 g/mol. The number of hydrogen-bond donors (Lipinski definition) is 1. The van der Waals surface area contributed by atoms with E-state index < -0.39 is 0 Å². The van der Waals surface area contributed by atoms with Gasteiger partial charge in [-0.2, -0.15) is 0 Å². The normalized spacial score (nSPS) is 19.9. The third-order valence-corrected chi connectivity index (χ3v) is 5.68. The molecule has 0 aliphatic carbocycles. The van der Waals surface area contributed by atoms with Gasteiger partial charge in [0.2, 0.25) is 0 Å². The quantitative estimate of drug-likeness (QED) is 0.854. The van der Waals surface area contributed by atoms with Crippen LogP contribution in [0.25, 0.3) is 10.9 Å². The smallest absolute Gasteiger partial charge is 0.261 e. The number of likely N-dealkylation sites (tertiary alicyclic amines) is 1. The van der Waals surface area contributed by atoms with E-state index in [1.807, 2.05) is 16.5 Å². The van der Waals surface area contributed by atoms with Crippen molar-refractivity contribution in [2.45, 2.75) is 51.1 Å². The van der Waals surface area contributed by atoms with Gasteiger partial charge in [0.05, 0.1) is 10.9 Å². The molecular weight excluding hydrogens is 364 g/mol. The fourth-order valence-electron chi connectivity index (χ4n) is 4.13. The van der Waals surface area contributed by atoms with Gasteiger partial charge in [-0.25, -0.2) is 4.98 Å². The summed E-state index contributed by atoms with van der Waals surface area (Å²) in [4.78, 5) is 32.4. The van der Waals surface area contributed by atoms with Crippen molar-refractivity contribution < 1.29 is 4.79 Å². The van der Waals surface area contributed by atoms with Crippen LogP contribution >= 0.6 is 12.4 Å². The fraction of sp³-hybridized carbons (Fsp3) is 0.550. The van der Waals surface area contributed by atoms with E-state index in [0.29, 0.717) is 22.5 Å². The lowest BCUT2D eigenvalue weighted by Gasteiger charge is -2.32. The molecule has 2 aliphatic rings. The highest BCUT2D eigenvalue weighted by molar-refractivity contribution is 5.97. The van der Waals surface area contributed by atoms with Crippen LogP contribution in [0.5, 0.6) is 0 Å². The third kappa shape index (κ3) is 3.87. The lowest BCUT2D eigenvalue weighted by atomic mass is 10.0. The molecule has 7 heteroatoms. The lowest BCUT2D eigenvalue weighted by Crippen LogP contribution is -2.46. The summed E-state index contributed by atoms with van der Waals surface area (Å²) in [7, 11) is 1.94. The number of nitrogens with one attached hydrogen (secondary N) is 1. The molecule has 3 heterocycles. The van der Waals surface area contributed by atoms with Gasteiger partial charge >= 0.3 is 0 Å². The van der Waals surface area contributed by atoms with Crippen molar-refractivity contribution in [3.63, 3.8) is 0 Å². The largest absolute Gasteiger partial charge is 0.337 e. The SMILES string of the molecule is CNC1CCCN(C(=O)c2ccc3c(=O)n4c(nc3c2)CCCCC4)C1.Cl. The Labute approximate surface area is 165 Å². The van der Waals surface area contributed by atoms with Gasteiger partial charge in [0.1, 0.15) is 5.82 Å². The first-order valence-corrected chi connectivity index (χ1v) is 9.67. The van der Waals surface area contributed by atoms with E-state index in [4.69, 9.17) is 4.98 Å². The maximum atomic E-state index is 12.9. The lowest BCUT2D eigenvalue weighted by molar-refractivity contribution is 0.0698. The molecule has 0 saturated carbocycles. The third-order valence-electron chi connectivity index (χ3n) is 5.68. The van der Waals surface area contributed by atoms with Crippen molar-refractivity contribution in [3.8, 4) is 0 Å². The summed E-state index contributed by atoms with van der Waals surface area (Å²) < 4.78 is 1.82.